The van der Waals surface area contributed by atoms with Gasteiger partial charge in [-0.15, -0.1) is 11.3 Å². The van der Waals surface area contributed by atoms with Crippen LogP contribution in [0.2, 0.25) is 0 Å². The largest absolute Gasteiger partial charge is 0.396 e. The molecule has 19 heavy (non-hydrogen) atoms. The van der Waals surface area contributed by atoms with E-state index < -0.39 is 0 Å². The van der Waals surface area contributed by atoms with E-state index in [9.17, 15) is 4.39 Å². The Hall–Kier alpha value is -2.14. The second-order valence-corrected chi connectivity index (χ2v) is 5.56. The summed E-state index contributed by atoms with van der Waals surface area (Å²) in [6.07, 6.45) is 1.71. The lowest BCUT2D eigenvalue weighted by Crippen LogP contribution is -1.95. The summed E-state index contributed by atoms with van der Waals surface area (Å²) in [5.41, 5.74) is 7.97. The summed E-state index contributed by atoms with van der Waals surface area (Å²) < 4.78 is 14.8. The predicted molar refractivity (Wildman–Crippen MR) is 76.0 cm³/mol. The van der Waals surface area contributed by atoms with Crippen molar-refractivity contribution in [3.63, 3.8) is 0 Å². The molecule has 3 rings (SSSR count). The van der Waals surface area contributed by atoms with Crippen LogP contribution in [-0.2, 0) is 0 Å². The normalized spacial score (nSPS) is 10.8. The molecule has 0 saturated carbocycles. The number of anilines is 1. The number of thiophene rings is 1. The molecule has 0 aliphatic carbocycles. The molecule has 2 N–H and O–H groups in total. The van der Waals surface area contributed by atoms with E-state index >= 15 is 0 Å². The molecule has 0 atom stereocenters. The molecular weight excluding hydrogens is 261 g/mol. The molecule has 3 aromatic rings. The van der Waals surface area contributed by atoms with Crippen molar-refractivity contribution in [2.45, 2.75) is 6.92 Å². The summed E-state index contributed by atoms with van der Waals surface area (Å²) in [7, 11) is 0. The van der Waals surface area contributed by atoms with Gasteiger partial charge in [-0.3, -0.25) is 0 Å². The Morgan fingerprint density at radius 1 is 1.26 bits per heavy atom. The first-order chi connectivity index (χ1) is 9.13. The van der Waals surface area contributed by atoms with Gasteiger partial charge in [0.1, 0.15) is 11.5 Å². The summed E-state index contributed by atoms with van der Waals surface area (Å²) in [6.45, 7) is 2.04. The maximum Gasteiger partial charge on any atom is 0.126 e. The van der Waals surface area contributed by atoms with Crippen LogP contribution < -0.4 is 5.73 Å². The molecule has 96 valence electrons. The fraction of sp³-hybridized carbons (Fsp3) is 0.0714. The monoisotopic (exact) mass is 273 g/mol. The van der Waals surface area contributed by atoms with Gasteiger partial charge >= 0.3 is 0 Å². The molecule has 0 aliphatic rings. The van der Waals surface area contributed by atoms with E-state index in [1.807, 2.05) is 19.1 Å². The number of hydrogen-bond acceptors (Lipinski definition) is 3. The highest BCUT2D eigenvalue weighted by Gasteiger charge is 2.11. The van der Waals surface area contributed by atoms with Gasteiger partial charge in [-0.2, -0.15) is 5.10 Å². The first kappa shape index (κ1) is 11.9. The zero-order valence-corrected chi connectivity index (χ0v) is 11.1. The quantitative estimate of drug-likeness (QED) is 0.774. The second-order valence-electron chi connectivity index (χ2n) is 4.27. The van der Waals surface area contributed by atoms with Crippen LogP contribution in [-0.4, -0.2) is 9.78 Å². The number of nitrogen functional groups attached to an aromatic ring is 1. The second kappa shape index (κ2) is 4.51. The van der Waals surface area contributed by atoms with Gasteiger partial charge in [-0.05, 0) is 37.3 Å². The SMILES string of the molecule is Cc1ccc(-c2nn(-c3cccc(F)c3)cc2N)s1. The standard InChI is InChI=1S/C14H12FN3S/c1-9-5-6-13(19-9)14-12(16)8-18(17-14)11-4-2-3-10(15)7-11/h2-8H,16H2,1H3. The van der Waals surface area contributed by atoms with Crippen molar-refractivity contribution in [2.24, 2.45) is 0 Å². The van der Waals surface area contributed by atoms with Crippen molar-refractivity contribution in [3.8, 4) is 16.3 Å². The van der Waals surface area contributed by atoms with Gasteiger partial charge in [0.05, 0.1) is 22.4 Å². The summed E-state index contributed by atoms with van der Waals surface area (Å²) in [4.78, 5) is 2.22. The highest BCUT2D eigenvalue weighted by molar-refractivity contribution is 7.15. The van der Waals surface area contributed by atoms with E-state index in [4.69, 9.17) is 5.73 Å². The maximum absolute atomic E-state index is 13.2. The highest BCUT2D eigenvalue weighted by atomic mass is 32.1. The van der Waals surface area contributed by atoms with Crippen LogP contribution in [0.4, 0.5) is 10.1 Å². The van der Waals surface area contributed by atoms with E-state index in [0.29, 0.717) is 11.4 Å². The van der Waals surface area contributed by atoms with Crippen molar-refractivity contribution < 1.29 is 4.39 Å². The van der Waals surface area contributed by atoms with Crippen LogP contribution in [0.1, 0.15) is 4.88 Å². The summed E-state index contributed by atoms with van der Waals surface area (Å²) in [5.74, 6) is -0.292. The average molecular weight is 273 g/mol. The number of aryl methyl sites for hydroxylation is 1. The molecule has 0 aliphatic heterocycles. The number of hydrogen-bond donors (Lipinski definition) is 1. The molecule has 0 fully saturated rings. The van der Waals surface area contributed by atoms with Crippen LogP contribution in [0, 0.1) is 12.7 Å². The minimum atomic E-state index is -0.292. The van der Waals surface area contributed by atoms with Gasteiger partial charge < -0.3 is 5.73 Å². The smallest absolute Gasteiger partial charge is 0.126 e. The van der Waals surface area contributed by atoms with E-state index in [2.05, 4.69) is 5.10 Å². The molecule has 0 spiro atoms. The zero-order valence-electron chi connectivity index (χ0n) is 10.3. The lowest BCUT2D eigenvalue weighted by molar-refractivity contribution is 0.625. The molecule has 0 unspecified atom stereocenters. The number of nitrogens with two attached hydrogens (primary N) is 1. The third-order valence-corrected chi connectivity index (χ3v) is 3.80. The Balaban J connectivity index is 2.06. The summed E-state index contributed by atoms with van der Waals surface area (Å²) in [6, 6.07) is 10.3. The molecular formula is C14H12FN3S. The molecule has 0 saturated heterocycles. The molecule has 0 bridgehead atoms. The number of nitrogens with zero attached hydrogens (tertiary/aromatic N) is 2. The Kier molecular flexibility index (Phi) is 2.83. The third kappa shape index (κ3) is 2.24. The summed E-state index contributed by atoms with van der Waals surface area (Å²) >= 11 is 1.64. The minimum absolute atomic E-state index is 0.292. The fourth-order valence-electron chi connectivity index (χ4n) is 1.89. The lowest BCUT2D eigenvalue weighted by atomic mass is 10.3. The Morgan fingerprint density at radius 2 is 2.11 bits per heavy atom. The van der Waals surface area contributed by atoms with Crippen LogP contribution in [0.25, 0.3) is 16.3 Å². The van der Waals surface area contributed by atoms with Crippen molar-refractivity contribution >= 4 is 17.0 Å². The van der Waals surface area contributed by atoms with Crippen LogP contribution in [0.15, 0.2) is 42.6 Å². The van der Waals surface area contributed by atoms with E-state index in [0.717, 1.165) is 10.6 Å². The van der Waals surface area contributed by atoms with Crippen molar-refractivity contribution in [1.82, 2.24) is 9.78 Å². The van der Waals surface area contributed by atoms with Crippen molar-refractivity contribution in [3.05, 3.63) is 53.3 Å². The molecule has 5 heteroatoms. The number of halogens is 1. The van der Waals surface area contributed by atoms with E-state index in [1.54, 1.807) is 34.3 Å². The van der Waals surface area contributed by atoms with Gasteiger partial charge in [-0.1, -0.05) is 6.07 Å². The average Bonchev–Trinajstić information content (AvgIpc) is 2.95. The van der Waals surface area contributed by atoms with Crippen LogP contribution in [0.3, 0.4) is 0 Å². The van der Waals surface area contributed by atoms with Crippen molar-refractivity contribution in [1.29, 1.82) is 0 Å². The summed E-state index contributed by atoms with van der Waals surface area (Å²) in [5, 5.41) is 4.44. The zero-order chi connectivity index (χ0) is 13.4. The maximum atomic E-state index is 13.2. The topological polar surface area (TPSA) is 43.8 Å². The lowest BCUT2D eigenvalue weighted by Gasteiger charge is -2.00. The molecule has 2 aromatic heterocycles. The van der Waals surface area contributed by atoms with Crippen LogP contribution >= 0.6 is 11.3 Å². The third-order valence-electron chi connectivity index (χ3n) is 2.79. The molecule has 0 amide bonds. The Bertz CT molecular complexity index is 730. The van der Waals surface area contributed by atoms with E-state index in [-0.39, 0.29) is 5.82 Å². The van der Waals surface area contributed by atoms with Gasteiger partial charge in [0.25, 0.3) is 0 Å². The van der Waals surface area contributed by atoms with Crippen molar-refractivity contribution in [2.75, 3.05) is 5.73 Å². The first-order valence-corrected chi connectivity index (χ1v) is 6.63. The highest BCUT2D eigenvalue weighted by Crippen LogP contribution is 2.31. The molecule has 0 radical (unpaired) electrons. The van der Waals surface area contributed by atoms with E-state index in [1.165, 1.54) is 17.0 Å². The molecule has 2 heterocycles. The molecule has 3 nitrogen and oxygen atoms in total. The predicted octanol–water partition coefficient (Wildman–Crippen LogP) is 3.63. The van der Waals surface area contributed by atoms with Gasteiger partial charge in [-0.25, -0.2) is 9.07 Å². The molecule has 1 aromatic carbocycles. The number of rotatable bonds is 2. The Labute approximate surface area is 114 Å². The van der Waals surface area contributed by atoms with Gasteiger partial charge in [0.15, 0.2) is 0 Å². The number of aromatic nitrogens is 2. The van der Waals surface area contributed by atoms with Gasteiger partial charge in [0.2, 0.25) is 0 Å². The first-order valence-electron chi connectivity index (χ1n) is 5.81. The fourth-order valence-corrected chi connectivity index (χ4v) is 2.77. The Morgan fingerprint density at radius 3 is 2.79 bits per heavy atom. The van der Waals surface area contributed by atoms with Crippen LogP contribution in [0.5, 0.6) is 0 Å². The minimum Gasteiger partial charge on any atom is -0.396 e. The van der Waals surface area contributed by atoms with Gasteiger partial charge in [0, 0.05) is 4.88 Å². The number of benzene rings is 1.